The Kier molecular flexibility index (Phi) is 5.95. The van der Waals surface area contributed by atoms with Crippen LogP contribution in [0.3, 0.4) is 0 Å². The Morgan fingerprint density at radius 1 is 1.05 bits per heavy atom. The highest BCUT2D eigenvalue weighted by atomic mass is 79.9. The van der Waals surface area contributed by atoms with Crippen LogP contribution in [0, 0.1) is 0 Å². The van der Waals surface area contributed by atoms with Crippen LogP contribution in [-0.4, -0.2) is 18.7 Å². The van der Waals surface area contributed by atoms with E-state index in [2.05, 4.69) is 42.4 Å². The van der Waals surface area contributed by atoms with Gasteiger partial charge in [-0.3, -0.25) is 4.79 Å². The van der Waals surface area contributed by atoms with Crippen molar-refractivity contribution in [3.05, 3.63) is 63.0 Å². The van der Waals surface area contributed by atoms with E-state index < -0.39 is 0 Å². The molecule has 2 aromatic carbocycles. The fraction of sp³-hybridized carbons (Fsp3) is 0.0667. The third-order valence-electron chi connectivity index (χ3n) is 2.46. The number of carbonyl (C=O) groups excluding carboxylic acids is 1. The van der Waals surface area contributed by atoms with Crippen LogP contribution in [0.2, 0.25) is 0 Å². The number of hydrogen-bond donors (Lipinski definition) is 1. The van der Waals surface area contributed by atoms with Crippen molar-refractivity contribution in [2.24, 2.45) is 5.10 Å². The molecule has 0 atom stereocenters. The van der Waals surface area contributed by atoms with Crippen molar-refractivity contribution in [1.29, 1.82) is 0 Å². The zero-order chi connectivity index (χ0) is 15.1. The highest BCUT2D eigenvalue weighted by Crippen LogP contribution is 2.15. The van der Waals surface area contributed by atoms with Gasteiger partial charge in [-0.2, -0.15) is 5.10 Å². The van der Waals surface area contributed by atoms with Crippen molar-refractivity contribution < 1.29 is 9.53 Å². The molecule has 0 unspecified atom stereocenters. The monoisotopic (exact) mass is 410 g/mol. The number of ether oxygens (including phenoxy) is 1. The quantitative estimate of drug-likeness (QED) is 0.601. The van der Waals surface area contributed by atoms with Gasteiger partial charge in [0.1, 0.15) is 5.75 Å². The lowest BCUT2D eigenvalue weighted by Gasteiger charge is -2.04. The summed E-state index contributed by atoms with van der Waals surface area (Å²) in [4.78, 5) is 11.6. The zero-order valence-corrected chi connectivity index (χ0v) is 14.1. The molecule has 0 aromatic heterocycles. The summed E-state index contributed by atoms with van der Waals surface area (Å²) in [5, 5.41) is 3.87. The fourth-order valence-corrected chi connectivity index (χ4v) is 1.97. The molecule has 0 bridgehead atoms. The molecule has 0 saturated carbocycles. The molecular weight excluding hydrogens is 400 g/mol. The molecule has 0 heterocycles. The summed E-state index contributed by atoms with van der Waals surface area (Å²) in [5.41, 5.74) is 3.31. The van der Waals surface area contributed by atoms with Gasteiger partial charge in [-0.15, -0.1) is 0 Å². The molecule has 0 spiro atoms. The molecule has 0 saturated heterocycles. The second kappa shape index (κ2) is 7.95. The number of halogens is 2. The van der Waals surface area contributed by atoms with Crippen LogP contribution in [0.25, 0.3) is 0 Å². The maximum atomic E-state index is 11.6. The summed E-state index contributed by atoms with van der Waals surface area (Å²) in [6.45, 7) is -0.0840. The lowest BCUT2D eigenvalue weighted by Crippen LogP contribution is -2.24. The first-order valence-corrected chi connectivity index (χ1v) is 7.68. The summed E-state index contributed by atoms with van der Waals surface area (Å²) < 4.78 is 7.28. The van der Waals surface area contributed by atoms with Crippen molar-refractivity contribution >= 4 is 44.0 Å². The Bertz CT molecular complexity index is 625. The van der Waals surface area contributed by atoms with Crippen LogP contribution in [-0.2, 0) is 4.79 Å². The molecule has 4 nitrogen and oxygen atoms in total. The van der Waals surface area contributed by atoms with Gasteiger partial charge in [0.15, 0.2) is 6.61 Å². The van der Waals surface area contributed by atoms with Gasteiger partial charge in [0.25, 0.3) is 5.91 Å². The van der Waals surface area contributed by atoms with E-state index in [0.717, 1.165) is 14.5 Å². The zero-order valence-electron chi connectivity index (χ0n) is 10.9. The minimum atomic E-state index is -0.314. The highest BCUT2D eigenvalue weighted by molar-refractivity contribution is 9.10. The molecule has 2 aromatic rings. The van der Waals surface area contributed by atoms with E-state index in [-0.39, 0.29) is 12.5 Å². The molecule has 2 rings (SSSR count). The van der Waals surface area contributed by atoms with Crippen LogP contribution >= 0.6 is 31.9 Å². The third kappa shape index (κ3) is 5.69. The first kappa shape index (κ1) is 15.7. The average molecular weight is 412 g/mol. The number of benzene rings is 2. The van der Waals surface area contributed by atoms with E-state index in [1.54, 1.807) is 18.3 Å². The van der Waals surface area contributed by atoms with Crippen LogP contribution in [0.4, 0.5) is 0 Å². The van der Waals surface area contributed by atoms with E-state index in [9.17, 15) is 4.79 Å². The smallest absolute Gasteiger partial charge is 0.277 e. The molecule has 0 fully saturated rings. The number of hydrogen-bond acceptors (Lipinski definition) is 3. The van der Waals surface area contributed by atoms with E-state index in [1.807, 2.05) is 36.4 Å². The largest absolute Gasteiger partial charge is 0.484 e. The first-order valence-electron chi connectivity index (χ1n) is 6.09. The summed E-state index contributed by atoms with van der Waals surface area (Å²) in [7, 11) is 0. The predicted molar refractivity (Wildman–Crippen MR) is 89.5 cm³/mol. The maximum absolute atomic E-state index is 11.6. The van der Waals surface area contributed by atoms with E-state index in [1.165, 1.54) is 0 Å². The number of carbonyl (C=O) groups is 1. The van der Waals surface area contributed by atoms with Crippen molar-refractivity contribution in [3.8, 4) is 5.75 Å². The van der Waals surface area contributed by atoms with E-state index in [0.29, 0.717) is 5.75 Å². The van der Waals surface area contributed by atoms with Crippen molar-refractivity contribution in [1.82, 2.24) is 5.43 Å². The average Bonchev–Trinajstić information content (AvgIpc) is 2.49. The van der Waals surface area contributed by atoms with Crippen LogP contribution in [0.1, 0.15) is 5.56 Å². The van der Waals surface area contributed by atoms with Crippen molar-refractivity contribution in [2.45, 2.75) is 0 Å². The molecule has 0 radical (unpaired) electrons. The SMILES string of the molecule is O=C(COc1ccc(Br)cc1)N/N=C/c1ccc(Br)cc1. The summed E-state index contributed by atoms with van der Waals surface area (Å²) in [6.07, 6.45) is 1.57. The van der Waals surface area contributed by atoms with Gasteiger partial charge in [0.2, 0.25) is 0 Å². The van der Waals surface area contributed by atoms with Crippen LogP contribution < -0.4 is 10.2 Å². The maximum Gasteiger partial charge on any atom is 0.277 e. The minimum absolute atomic E-state index is 0.0840. The van der Waals surface area contributed by atoms with E-state index >= 15 is 0 Å². The Morgan fingerprint density at radius 2 is 1.62 bits per heavy atom. The topological polar surface area (TPSA) is 50.7 Å². The standard InChI is InChI=1S/C15H12Br2N2O2/c16-12-3-1-11(2-4-12)9-18-19-15(20)10-21-14-7-5-13(17)6-8-14/h1-9H,10H2,(H,19,20)/b18-9+. The van der Waals surface area contributed by atoms with Crippen molar-refractivity contribution in [2.75, 3.05) is 6.61 Å². The molecule has 0 aliphatic carbocycles. The normalized spacial score (nSPS) is 10.6. The minimum Gasteiger partial charge on any atom is -0.484 e. The van der Waals surface area contributed by atoms with Gasteiger partial charge >= 0.3 is 0 Å². The lowest BCUT2D eigenvalue weighted by atomic mass is 10.2. The predicted octanol–water partition coefficient (Wildman–Crippen LogP) is 3.74. The van der Waals surface area contributed by atoms with Gasteiger partial charge < -0.3 is 4.74 Å². The molecule has 0 aliphatic heterocycles. The van der Waals surface area contributed by atoms with Crippen LogP contribution in [0.5, 0.6) is 5.75 Å². The molecule has 21 heavy (non-hydrogen) atoms. The Labute approximate surface area is 139 Å². The number of nitrogens with one attached hydrogen (secondary N) is 1. The summed E-state index contributed by atoms with van der Waals surface area (Å²) in [6, 6.07) is 14.8. The lowest BCUT2D eigenvalue weighted by molar-refractivity contribution is -0.123. The fourth-order valence-electron chi connectivity index (χ4n) is 1.44. The highest BCUT2D eigenvalue weighted by Gasteiger charge is 2.01. The molecule has 1 N–H and O–H groups in total. The Hall–Kier alpha value is -1.66. The second-order valence-electron chi connectivity index (χ2n) is 4.09. The molecule has 108 valence electrons. The van der Waals surface area contributed by atoms with Crippen LogP contribution in [0.15, 0.2) is 62.6 Å². The third-order valence-corrected chi connectivity index (χ3v) is 3.51. The summed E-state index contributed by atoms with van der Waals surface area (Å²) in [5.74, 6) is 0.316. The van der Waals surface area contributed by atoms with Crippen molar-refractivity contribution in [3.63, 3.8) is 0 Å². The molecule has 1 amide bonds. The first-order chi connectivity index (χ1) is 10.1. The Morgan fingerprint density at radius 3 is 2.24 bits per heavy atom. The van der Waals surface area contributed by atoms with Gasteiger partial charge in [-0.1, -0.05) is 44.0 Å². The molecular formula is C15H12Br2N2O2. The number of rotatable bonds is 5. The van der Waals surface area contributed by atoms with Gasteiger partial charge in [-0.05, 0) is 42.0 Å². The number of hydrazone groups is 1. The Balaban J connectivity index is 1.77. The second-order valence-corrected chi connectivity index (χ2v) is 5.92. The van der Waals surface area contributed by atoms with Gasteiger partial charge in [0.05, 0.1) is 6.21 Å². The summed E-state index contributed by atoms with van der Waals surface area (Å²) >= 11 is 6.68. The molecule has 6 heteroatoms. The van der Waals surface area contributed by atoms with E-state index in [4.69, 9.17) is 4.74 Å². The number of nitrogens with zero attached hydrogens (tertiary/aromatic N) is 1. The number of amides is 1. The van der Waals surface area contributed by atoms with Gasteiger partial charge in [0, 0.05) is 8.95 Å². The van der Waals surface area contributed by atoms with Gasteiger partial charge in [-0.25, -0.2) is 5.43 Å². The molecule has 0 aliphatic rings.